The number of nitrogens with one attached hydrogen (secondary N) is 2. The lowest BCUT2D eigenvalue weighted by Crippen LogP contribution is -2.26. The zero-order chi connectivity index (χ0) is 20.9. The molecule has 154 valence electrons. The fraction of sp³-hybridized carbons (Fsp3) is 0.318. The molecule has 0 aliphatic rings. The summed E-state index contributed by atoms with van der Waals surface area (Å²) in [4.78, 5) is 40.3. The Morgan fingerprint density at radius 2 is 1.52 bits per heavy atom. The van der Waals surface area contributed by atoms with Gasteiger partial charge in [-0.15, -0.1) is 0 Å². The van der Waals surface area contributed by atoms with Gasteiger partial charge in [-0.05, 0) is 43.2 Å². The lowest BCUT2D eigenvalue weighted by atomic mass is 10.1. The highest BCUT2D eigenvalue weighted by atomic mass is 16.7. The van der Waals surface area contributed by atoms with E-state index in [0.29, 0.717) is 24.2 Å². The average molecular weight is 398 g/mol. The van der Waals surface area contributed by atoms with Crippen molar-refractivity contribution in [2.75, 3.05) is 12.4 Å². The third-order valence-electron chi connectivity index (χ3n) is 4.18. The highest BCUT2D eigenvalue weighted by molar-refractivity contribution is 5.91. The molecule has 0 unspecified atom stereocenters. The van der Waals surface area contributed by atoms with Gasteiger partial charge in [0, 0.05) is 18.5 Å². The lowest BCUT2D eigenvalue weighted by molar-refractivity contribution is -0.130. The maximum atomic E-state index is 11.9. The highest BCUT2D eigenvalue weighted by Gasteiger charge is 2.10. The van der Waals surface area contributed by atoms with Gasteiger partial charge in [0.2, 0.25) is 5.91 Å². The molecule has 0 spiro atoms. The molecule has 7 heteroatoms. The number of hydrogen-bond donors (Lipinski definition) is 2. The lowest BCUT2D eigenvalue weighted by Gasteiger charge is -2.07. The Morgan fingerprint density at radius 1 is 0.828 bits per heavy atom. The Balaban J connectivity index is 1.53. The zero-order valence-corrected chi connectivity index (χ0v) is 16.5. The van der Waals surface area contributed by atoms with Crippen LogP contribution in [0.1, 0.15) is 48.9 Å². The molecule has 0 fully saturated rings. The molecule has 0 aliphatic carbocycles. The van der Waals surface area contributed by atoms with E-state index in [0.717, 1.165) is 24.9 Å². The zero-order valence-electron chi connectivity index (χ0n) is 16.5. The predicted molar refractivity (Wildman–Crippen MR) is 109 cm³/mol. The first-order valence-electron chi connectivity index (χ1n) is 9.57. The first-order chi connectivity index (χ1) is 14.1. The molecular weight excluding hydrogens is 372 g/mol. The number of rotatable bonds is 10. The number of carbonyl (C=O) groups excluding carboxylic acids is 3. The van der Waals surface area contributed by atoms with Crippen molar-refractivity contribution in [2.45, 2.75) is 38.5 Å². The Kier molecular flexibility index (Phi) is 9.21. The Morgan fingerprint density at radius 3 is 2.21 bits per heavy atom. The normalized spacial score (nSPS) is 10.1. The summed E-state index contributed by atoms with van der Waals surface area (Å²) in [7, 11) is 1.50. The topological polar surface area (TPSA) is 93.7 Å². The number of carbonyl (C=O) groups is 3. The molecule has 2 aromatic carbocycles. The largest absolute Gasteiger partial charge is 0.497 e. The van der Waals surface area contributed by atoms with Crippen molar-refractivity contribution in [3.05, 3.63) is 60.2 Å². The first-order valence-corrected chi connectivity index (χ1v) is 9.57. The van der Waals surface area contributed by atoms with E-state index in [1.165, 1.54) is 13.2 Å². The second-order valence-corrected chi connectivity index (χ2v) is 6.48. The first kappa shape index (κ1) is 21.9. The number of benzene rings is 2. The van der Waals surface area contributed by atoms with Crippen LogP contribution in [-0.2, 0) is 14.4 Å². The van der Waals surface area contributed by atoms with Gasteiger partial charge in [-0.3, -0.25) is 9.59 Å². The number of anilines is 1. The van der Waals surface area contributed by atoms with Crippen molar-refractivity contribution in [2.24, 2.45) is 0 Å². The summed E-state index contributed by atoms with van der Waals surface area (Å²) in [5.74, 6) is -0.494. The molecule has 29 heavy (non-hydrogen) atoms. The molecule has 2 N–H and O–H groups in total. The molecular formula is C22H26N2O5. The van der Waals surface area contributed by atoms with Crippen molar-refractivity contribution >= 4 is 23.5 Å². The molecule has 2 rings (SSSR count). The van der Waals surface area contributed by atoms with Crippen LogP contribution in [-0.4, -0.2) is 24.9 Å². The predicted octanol–water partition coefficient (Wildman–Crippen LogP) is 3.86. The SMILES string of the molecule is COc1cccc(C(=O)ONC(=O)CCCCCCC(=O)Nc2ccccc2)c1. The average Bonchev–Trinajstić information content (AvgIpc) is 2.75. The van der Waals surface area contributed by atoms with Crippen LogP contribution in [0.2, 0.25) is 0 Å². The molecule has 0 atom stereocenters. The van der Waals surface area contributed by atoms with E-state index in [-0.39, 0.29) is 18.2 Å². The van der Waals surface area contributed by atoms with Gasteiger partial charge in [-0.25, -0.2) is 4.79 Å². The van der Waals surface area contributed by atoms with Crippen LogP contribution in [0.3, 0.4) is 0 Å². The van der Waals surface area contributed by atoms with Gasteiger partial charge in [0.15, 0.2) is 0 Å². The van der Waals surface area contributed by atoms with Gasteiger partial charge in [0.1, 0.15) is 5.75 Å². The summed E-state index contributed by atoms with van der Waals surface area (Å²) >= 11 is 0. The van der Waals surface area contributed by atoms with E-state index in [1.54, 1.807) is 18.2 Å². The molecule has 7 nitrogen and oxygen atoms in total. The molecule has 0 aliphatic heterocycles. The van der Waals surface area contributed by atoms with Crippen LogP contribution in [0.4, 0.5) is 5.69 Å². The van der Waals surface area contributed by atoms with Gasteiger partial charge in [-0.2, -0.15) is 5.48 Å². The maximum Gasteiger partial charge on any atom is 0.363 e. The van der Waals surface area contributed by atoms with E-state index < -0.39 is 5.97 Å². The molecule has 0 heterocycles. The highest BCUT2D eigenvalue weighted by Crippen LogP contribution is 2.13. The second-order valence-electron chi connectivity index (χ2n) is 6.48. The summed E-state index contributed by atoms with van der Waals surface area (Å²) in [5.41, 5.74) is 3.24. The standard InChI is InChI=1S/C22H26N2O5/c1-28-19-13-9-10-17(16-19)22(27)29-24-21(26)15-8-3-2-7-14-20(25)23-18-11-5-4-6-12-18/h4-6,9-13,16H,2-3,7-8,14-15H2,1H3,(H,23,25)(H,24,26). The molecule has 2 aromatic rings. The van der Waals surface area contributed by atoms with Gasteiger partial charge < -0.3 is 14.9 Å². The number of unbranched alkanes of at least 4 members (excludes halogenated alkanes) is 3. The van der Waals surface area contributed by atoms with Crippen LogP contribution in [0.5, 0.6) is 5.75 Å². The Hall–Kier alpha value is -3.35. The minimum Gasteiger partial charge on any atom is -0.497 e. The van der Waals surface area contributed by atoms with E-state index in [9.17, 15) is 14.4 Å². The molecule has 0 bridgehead atoms. The van der Waals surface area contributed by atoms with Crippen molar-refractivity contribution in [1.82, 2.24) is 5.48 Å². The van der Waals surface area contributed by atoms with E-state index in [1.807, 2.05) is 30.3 Å². The second kappa shape index (κ2) is 12.2. The summed E-state index contributed by atoms with van der Waals surface area (Å²) < 4.78 is 5.04. The van der Waals surface area contributed by atoms with Gasteiger partial charge >= 0.3 is 5.97 Å². The van der Waals surface area contributed by atoms with Gasteiger partial charge in [-0.1, -0.05) is 37.1 Å². The minimum absolute atomic E-state index is 0.0154. The third-order valence-corrected chi connectivity index (χ3v) is 4.18. The molecule has 0 aromatic heterocycles. The van der Waals surface area contributed by atoms with E-state index in [2.05, 4.69) is 10.8 Å². The maximum absolute atomic E-state index is 11.9. The number of hydrogen-bond acceptors (Lipinski definition) is 5. The molecule has 2 amide bonds. The van der Waals surface area contributed by atoms with Crippen molar-refractivity contribution in [1.29, 1.82) is 0 Å². The number of para-hydroxylation sites is 1. The van der Waals surface area contributed by atoms with E-state index >= 15 is 0 Å². The summed E-state index contributed by atoms with van der Waals surface area (Å²) in [5, 5.41) is 2.84. The number of amides is 2. The minimum atomic E-state index is -0.651. The fourth-order valence-corrected chi connectivity index (χ4v) is 2.63. The third kappa shape index (κ3) is 8.47. The summed E-state index contributed by atoms with van der Waals surface area (Å²) in [6, 6.07) is 15.8. The number of hydroxylamine groups is 1. The number of ether oxygens (including phenoxy) is 1. The number of methoxy groups -OCH3 is 1. The quantitative estimate of drug-likeness (QED) is 0.468. The van der Waals surface area contributed by atoms with Crippen LogP contribution in [0.25, 0.3) is 0 Å². The molecule has 0 saturated carbocycles. The Bertz CT molecular complexity index is 808. The molecule has 0 radical (unpaired) electrons. The van der Waals surface area contributed by atoms with Crippen LogP contribution < -0.4 is 15.5 Å². The van der Waals surface area contributed by atoms with Crippen LogP contribution >= 0.6 is 0 Å². The monoisotopic (exact) mass is 398 g/mol. The van der Waals surface area contributed by atoms with Crippen molar-refractivity contribution in [3.8, 4) is 5.75 Å². The van der Waals surface area contributed by atoms with Crippen molar-refractivity contribution in [3.63, 3.8) is 0 Å². The van der Waals surface area contributed by atoms with Gasteiger partial charge in [0.05, 0.1) is 12.7 Å². The summed E-state index contributed by atoms with van der Waals surface area (Å²) in [6.07, 6.45) is 3.77. The van der Waals surface area contributed by atoms with Crippen molar-refractivity contribution < 1.29 is 24.0 Å². The van der Waals surface area contributed by atoms with Gasteiger partial charge in [0.25, 0.3) is 5.91 Å². The van der Waals surface area contributed by atoms with E-state index in [4.69, 9.17) is 9.57 Å². The fourth-order valence-electron chi connectivity index (χ4n) is 2.63. The smallest absolute Gasteiger partial charge is 0.363 e. The summed E-state index contributed by atoms with van der Waals surface area (Å²) in [6.45, 7) is 0. The van der Waals surface area contributed by atoms with Crippen LogP contribution in [0, 0.1) is 0 Å². The molecule has 0 saturated heterocycles. The Labute approximate surface area is 170 Å². The van der Waals surface area contributed by atoms with Crippen LogP contribution in [0.15, 0.2) is 54.6 Å².